The zero-order valence-corrected chi connectivity index (χ0v) is 12.7. The van der Waals surface area contributed by atoms with Gasteiger partial charge in [-0.15, -0.1) is 0 Å². The number of piperidine rings is 1. The molecule has 2 amide bonds. The molecule has 0 aromatic carbocycles. The maximum Gasteiger partial charge on any atom is 0.407 e. The minimum Gasteiger partial charge on any atom is -0.465 e. The van der Waals surface area contributed by atoms with Gasteiger partial charge in [-0.3, -0.25) is 4.79 Å². The van der Waals surface area contributed by atoms with Crippen LogP contribution in [0.15, 0.2) is 18.3 Å². The van der Waals surface area contributed by atoms with Gasteiger partial charge in [0.15, 0.2) is 0 Å². The van der Waals surface area contributed by atoms with Crippen LogP contribution in [0.25, 0.3) is 0 Å². The number of rotatable bonds is 2. The number of aromatic nitrogens is 1. The number of amides is 2. The average molecular weight is 323 g/mol. The van der Waals surface area contributed by atoms with Crippen molar-refractivity contribution < 1.29 is 14.7 Å². The Morgan fingerprint density at radius 3 is 2.55 bits per heavy atom. The number of likely N-dealkylation sites (tertiary alicyclic amines) is 1. The number of carboxylic acid groups (broad SMARTS) is 1. The van der Waals surface area contributed by atoms with Gasteiger partial charge in [0.1, 0.15) is 10.6 Å². The largest absolute Gasteiger partial charge is 0.465 e. The number of halogens is 1. The first kappa shape index (κ1) is 16.0. The van der Waals surface area contributed by atoms with Crippen LogP contribution >= 0.6 is 11.6 Å². The van der Waals surface area contributed by atoms with Gasteiger partial charge in [-0.25, -0.2) is 9.78 Å². The molecule has 0 bridgehead atoms. The van der Waals surface area contributed by atoms with Crippen LogP contribution in [0.4, 0.5) is 10.5 Å². The molecule has 116 valence electrons. The van der Waals surface area contributed by atoms with Gasteiger partial charge in [-0.1, -0.05) is 11.6 Å². The normalized spacial score (nSPS) is 16.7. The minimum atomic E-state index is -1.21. The smallest absolute Gasteiger partial charge is 0.407 e. The van der Waals surface area contributed by atoms with Crippen molar-refractivity contribution in [1.82, 2.24) is 9.88 Å². The van der Waals surface area contributed by atoms with Crippen molar-refractivity contribution in [2.75, 3.05) is 25.0 Å². The van der Waals surface area contributed by atoms with E-state index in [-0.39, 0.29) is 31.8 Å². The highest BCUT2D eigenvalue weighted by Crippen LogP contribution is 2.34. The van der Waals surface area contributed by atoms with Crippen LogP contribution in [0, 0.1) is 16.7 Å². The van der Waals surface area contributed by atoms with Gasteiger partial charge >= 0.3 is 6.09 Å². The summed E-state index contributed by atoms with van der Waals surface area (Å²) in [6.45, 7) is 0.336. The predicted molar refractivity (Wildman–Crippen MR) is 79.5 cm³/mol. The third kappa shape index (κ3) is 2.97. The van der Waals surface area contributed by atoms with Crippen molar-refractivity contribution in [1.29, 1.82) is 5.26 Å². The van der Waals surface area contributed by atoms with Gasteiger partial charge in [0.05, 0.1) is 18.0 Å². The molecule has 0 saturated carbocycles. The van der Waals surface area contributed by atoms with E-state index >= 15 is 0 Å². The molecule has 0 spiro atoms. The van der Waals surface area contributed by atoms with Crippen molar-refractivity contribution in [3.05, 3.63) is 23.5 Å². The highest BCUT2D eigenvalue weighted by molar-refractivity contribution is 6.29. The Labute approximate surface area is 132 Å². The van der Waals surface area contributed by atoms with Crippen LogP contribution in [-0.2, 0) is 4.79 Å². The van der Waals surface area contributed by atoms with Gasteiger partial charge in [0.2, 0.25) is 5.91 Å². The van der Waals surface area contributed by atoms with Gasteiger partial charge in [0, 0.05) is 20.1 Å². The number of hydrogen-bond acceptors (Lipinski definition) is 4. The molecule has 1 aliphatic rings. The second kappa shape index (κ2) is 6.20. The van der Waals surface area contributed by atoms with E-state index in [4.69, 9.17) is 16.7 Å². The number of nitriles is 1. The van der Waals surface area contributed by atoms with Crippen LogP contribution in [0.3, 0.4) is 0 Å². The highest BCUT2D eigenvalue weighted by Gasteiger charge is 2.44. The first-order chi connectivity index (χ1) is 10.4. The van der Waals surface area contributed by atoms with Crippen LogP contribution in [0.2, 0.25) is 5.15 Å². The fourth-order valence-electron chi connectivity index (χ4n) is 2.46. The summed E-state index contributed by atoms with van der Waals surface area (Å²) < 4.78 is 0. The topological polar surface area (TPSA) is 97.5 Å². The molecule has 1 aliphatic heterocycles. The van der Waals surface area contributed by atoms with Crippen molar-refractivity contribution in [2.45, 2.75) is 12.8 Å². The Hall–Kier alpha value is -2.33. The van der Waals surface area contributed by atoms with Crippen LogP contribution in [0.5, 0.6) is 0 Å². The van der Waals surface area contributed by atoms with Gasteiger partial charge in [-0.05, 0) is 25.0 Å². The zero-order valence-electron chi connectivity index (χ0n) is 12.0. The molecule has 2 rings (SSSR count). The monoisotopic (exact) mass is 322 g/mol. The van der Waals surface area contributed by atoms with Crippen LogP contribution in [0.1, 0.15) is 12.8 Å². The van der Waals surface area contributed by atoms with E-state index < -0.39 is 11.5 Å². The molecule has 0 atom stereocenters. The molecule has 1 N–H and O–H groups in total. The second-order valence-corrected chi connectivity index (χ2v) is 5.55. The first-order valence-corrected chi connectivity index (χ1v) is 7.06. The average Bonchev–Trinajstić information content (AvgIpc) is 2.54. The molecule has 0 radical (unpaired) electrons. The molecular weight excluding hydrogens is 308 g/mol. The lowest BCUT2D eigenvalue weighted by atomic mass is 9.78. The summed E-state index contributed by atoms with van der Waals surface area (Å²) in [5.74, 6) is -0.357. The number of hydrogen-bond donors (Lipinski definition) is 1. The van der Waals surface area contributed by atoms with Crippen molar-refractivity contribution >= 4 is 29.3 Å². The maximum atomic E-state index is 12.7. The van der Waals surface area contributed by atoms with Crippen LogP contribution < -0.4 is 4.90 Å². The molecule has 1 aromatic heterocycles. The number of nitrogens with zero attached hydrogens (tertiary/aromatic N) is 4. The quantitative estimate of drug-likeness (QED) is 0.840. The molecule has 0 aliphatic carbocycles. The summed E-state index contributed by atoms with van der Waals surface area (Å²) in [5, 5.41) is 18.8. The lowest BCUT2D eigenvalue weighted by Gasteiger charge is -2.36. The molecule has 8 heteroatoms. The van der Waals surface area contributed by atoms with Crippen molar-refractivity contribution in [3.8, 4) is 6.07 Å². The molecule has 1 fully saturated rings. The summed E-state index contributed by atoms with van der Waals surface area (Å²) in [7, 11) is 1.57. The summed E-state index contributed by atoms with van der Waals surface area (Å²) in [5.41, 5.74) is -0.676. The van der Waals surface area contributed by atoms with E-state index in [1.165, 1.54) is 16.0 Å². The number of carbonyl (C=O) groups excluding carboxylic acids is 1. The Balaban J connectivity index is 2.17. The molecule has 2 heterocycles. The SMILES string of the molecule is CN(C(=O)C1(C#N)CCN(C(=O)O)CC1)c1ccc(Cl)nc1. The summed E-state index contributed by atoms with van der Waals surface area (Å²) >= 11 is 5.72. The number of pyridine rings is 1. The van der Waals surface area contributed by atoms with Gasteiger partial charge in [-0.2, -0.15) is 5.26 Å². The van der Waals surface area contributed by atoms with E-state index in [2.05, 4.69) is 11.1 Å². The Morgan fingerprint density at radius 2 is 2.09 bits per heavy atom. The lowest BCUT2D eigenvalue weighted by Crippen LogP contribution is -2.49. The standard InChI is InChI=1S/C14H15ClN4O3/c1-18(10-2-3-11(15)17-8-10)12(20)14(9-16)4-6-19(7-5-14)13(21)22/h2-3,8H,4-7H2,1H3,(H,21,22). The van der Waals surface area contributed by atoms with Crippen molar-refractivity contribution in [2.24, 2.45) is 5.41 Å². The summed E-state index contributed by atoms with van der Waals surface area (Å²) in [6, 6.07) is 5.29. The zero-order chi connectivity index (χ0) is 16.3. The molecular formula is C14H15ClN4O3. The molecule has 1 saturated heterocycles. The maximum absolute atomic E-state index is 12.7. The molecule has 7 nitrogen and oxygen atoms in total. The molecule has 22 heavy (non-hydrogen) atoms. The number of carbonyl (C=O) groups is 2. The fraction of sp³-hybridized carbons (Fsp3) is 0.429. The van der Waals surface area contributed by atoms with E-state index in [9.17, 15) is 14.9 Å². The highest BCUT2D eigenvalue weighted by atomic mass is 35.5. The van der Waals surface area contributed by atoms with Gasteiger partial charge in [0.25, 0.3) is 0 Å². The van der Waals surface area contributed by atoms with E-state index in [0.29, 0.717) is 10.8 Å². The summed E-state index contributed by atoms with van der Waals surface area (Å²) in [6.07, 6.45) is 0.784. The Kier molecular flexibility index (Phi) is 4.52. The Bertz CT molecular complexity index is 618. The third-order valence-electron chi connectivity index (χ3n) is 3.91. The Morgan fingerprint density at radius 1 is 1.45 bits per heavy atom. The molecule has 1 aromatic rings. The third-order valence-corrected chi connectivity index (χ3v) is 4.14. The molecule has 0 unspecified atom stereocenters. The van der Waals surface area contributed by atoms with Crippen LogP contribution in [-0.4, -0.2) is 47.1 Å². The van der Waals surface area contributed by atoms with E-state index in [0.717, 1.165) is 0 Å². The minimum absolute atomic E-state index is 0.168. The van der Waals surface area contributed by atoms with Gasteiger partial charge < -0.3 is 14.9 Å². The summed E-state index contributed by atoms with van der Waals surface area (Å²) in [4.78, 5) is 30.1. The second-order valence-electron chi connectivity index (χ2n) is 5.17. The first-order valence-electron chi connectivity index (χ1n) is 6.68. The van der Waals surface area contributed by atoms with E-state index in [1.54, 1.807) is 19.2 Å². The fourth-order valence-corrected chi connectivity index (χ4v) is 2.57. The van der Waals surface area contributed by atoms with E-state index in [1.807, 2.05) is 0 Å². The lowest BCUT2D eigenvalue weighted by molar-refractivity contribution is -0.127. The number of anilines is 1. The predicted octanol–water partition coefficient (Wildman–Crippen LogP) is 1.98. The van der Waals surface area contributed by atoms with Crippen molar-refractivity contribution in [3.63, 3.8) is 0 Å².